The smallest absolute Gasteiger partial charge is 0.291 e. The molecule has 0 radical (unpaired) electrons. The Kier molecular flexibility index (Phi) is 5.40. The summed E-state index contributed by atoms with van der Waals surface area (Å²) in [6.45, 7) is 2.40. The third-order valence-corrected chi connectivity index (χ3v) is 4.77. The fraction of sp³-hybridized carbons (Fsp3) is 0.0870. The highest BCUT2D eigenvalue weighted by atomic mass is 35.5. The minimum Gasteiger partial charge on any atom is -0.345 e. The zero-order chi connectivity index (χ0) is 20.2. The number of benzene rings is 3. The number of para-hydroxylation sites is 1. The van der Waals surface area contributed by atoms with Gasteiger partial charge in [0.2, 0.25) is 5.82 Å². The molecule has 5 nitrogen and oxygen atoms in total. The molecule has 4 rings (SSSR count). The van der Waals surface area contributed by atoms with Crippen LogP contribution in [0.3, 0.4) is 0 Å². The fourth-order valence-corrected chi connectivity index (χ4v) is 3.24. The third-order valence-electron chi connectivity index (χ3n) is 4.53. The highest BCUT2D eigenvalue weighted by Crippen LogP contribution is 2.25. The van der Waals surface area contributed by atoms with Gasteiger partial charge in [-0.3, -0.25) is 4.79 Å². The molecule has 1 N–H and O–H groups in total. The van der Waals surface area contributed by atoms with Crippen LogP contribution in [0, 0.1) is 6.92 Å². The Morgan fingerprint density at radius 3 is 2.52 bits per heavy atom. The molecule has 0 aliphatic heterocycles. The molecule has 0 bridgehead atoms. The second-order valence-electron chi connectivity index (χ2n) is 6.64. The molecule has 144 valence electrons. The molecule has 29 heavy (non-hydrogen) atoms. The van der Waals surface area contributed by atoms with Gasteiger partial charge in [-0.15, -0.1) is 5.10 Å². The van der Waals surface area contributed by atoms with Crippen LogP contribution >= 0.6 is 11.6 Å². The lowest BCUT2D eigenvalue weighted by atomic mass is 10.2. The Balaban J connectivity index is 1.71. The van der Waals surface area contributed by atoms with E-state index in [-0.39, 0.29) is 11.7 Å². The molecule has 1 heterocycles. The largest absolute Gasteiger partial charge is 0.345 e. The van der Waals surface area contributed by atoms with Crippen molar-refractivity contribution in [2.24, 2.45) is 0 Å². The number of amides is 1. The number of rotatable bonds is 5. The van der Waals surface area contributed by atoms with E-state index in [9.17, 15) is 4.79 Å². The average molecular weight is 403 g/mol. The molecular formula is C23H19ClN4O. The summed E-state index contributed by atoms with van der Waals surface area (Å²) in [5.74, 6) is 0.343. The Morgan fingerprint density at radius 2 is 1.76 bits per heavy atom. The van der Waals surface area contributed by atoms with Crippen molar-refractivity contribution in [1.82, 2.24) is 20.1 Å². The van der Waals surface area contributed by atoms with Crippen molar-refractivity contribution in [3.05, 3.63) is 101 Å². The fourth-order valence-electron chi connectivity index (χ4n) is 3.05. The predicted octanol–water partition coefficient (Wildman–Crippen LogP) is 4.83. The zero-order valence-corrected chi connectivity index (χ0v) is 16.6. The number of nitrogens with zero attached hydrogens (tertiary/aromatic N) is 3. The van der Waals surface area contributed by atoms with Crippen molar-refractivity contribution >= 4 is 17.5 Å². The van der Waals surface area contributed by atoms with Gasteiger partial charge >= 0.3 is 0 Å². The summed E-state index contributed by atoms with van der Waals surface area (Å²) in [6, 6.07) is 24.9. The van der Waals surface area contributed by atoms with Crippen LogP contribution in [0.25, 0.3) is 17.1 Å². The van der Waals surface area contributed by atoms with Crippen molar-refractivity contribution in [3.8, 4) is 17.1 Å². The van der Waals surface area contributed by atoms with E-state index in [0.29, 0.717) is 17.4 Å². The molecule has 0 unspecified atom stereocenters. The van der Waals surface area contributed by atoms with Gasteiger partial charge in [-0.25, -0.2) is 9.67 Å². The van der Waals surface area contributed by atoms with E-state index in [0.717, 1.165) is 22.4 Å². The Hall–Kier alpha value is -3.44. The summed E-state index contributed by atoms with van der Waals surface area (Å²) in [5.41, 5.74) is 3.68. The van der Waals surface area contributed by atoms with Gasteiger partial charge in [0.05, 0.1) is 5.69 Å². The average Bonchev–Trinajstić information content (AvgIpc) is 3.18. The molecule has 6 heteroatoms. The number of hydrogen-bond acceptors (Lipinski definition) is 3. The molecule has 0 saturated heterocycles. The first-order valence-corrected chi connectivity index (χ1v) is 9.61. The third kappa shape index (κ3) is 4.20. The van der Waals surface area contributed by atoms with Crippen molar-refractivity contribution in [2.75, 3.05) is 0 Å². The number of hydrogen-bond donors (Lipinski definition) is 1. The first-order valence-electron chi connectivity index (χ1n) is 9.23. The number of nitrogens with one attached hydrogen (secondary N) is 1. The lowest BCUT2D eigenvalue weighted by molar-refractivity contribution is 0.0940. The maximum Gasteiger partial charge on any atom is 0.291 e. The van der Waals surface area contributed by atoms with E-state index in [1.807, 2.05) is 79.7 Å². The van der Waals surface area contributed by atoms with E-state index in [1.54, 1.807) is 10.7 Å². The van der Waals surface area contributed by atoms with Crippen LogP contribution in [0.1, 0.15) is 21.7 Å². The molecule has 4 aromatic rings. The second-order valence-corrected chi connectivity index (χ2v) is 7.07. The monoisotopic (exact) mass is 402 g/mol. The van der Waals surface area contributed by atoms with Crippen LogP contribution in [0.4, 0.5) is 0 Å². The van der Waals surface area contributed by atoms with Crippen LogP contribution in [-0.2, 0) is 6.54 Å². The van der Waals surface area contributed by atoms with Gasteiger partial charge in [-0.1, -0.05) is 72.3 Å². The molecule has 0 aliphatic rings. The van der Waals surface area contributed by atoms with E-state index in [1.165, 1.54) is 0 Å². The van der Waals surface area contributed by atoms with Crippen molar-refractivity contribution in [3.63, 3.8) is 0 Å². The first kappa shape index (κ1) is 18.9. The summed E-state index contributed by atoms with van der Waals surface area (Å²) >= 11 is 6.17. The quantitative estimate of drug-likeness (QED) is 0.520. The van der Waals surface area contributed by atoms with E-state index < -0.39 is 0 Å². The molecular weight excluding hydrogens is 384 g/mol. The van der Waals surface area contributed by atoms with E-state index in [2.05, 4.69) is 15.4 Å². The number of halogens is 1. The zero-order valence-electron chi connectivity index (χ0n) is 15.8. The molecule has 0 fully saturated rings. The molecule has 0 saturated carbocycles. The van der Waals surface area contributed by atoms with E-state index >= 15 is 0 Å². The highest BCUT2D eigenvalue weighted by Gasteiger charge is 2.19. The summed E-state index contributed by atoms with van der Waals surface area (Å²) < 4.78 is 1.69. The minimum atomic E-state index is -0.329. The van der Waals surface area contributed by atoms with Gasteiger partial charge in [-0.2, -0.15) is 0 Å². The molecule has 0 atom stereocenters. The maximum atomic E-state index is 12.7. The molecule has 3 aromatic carbocycles. The van der Waals surface area contributed by atoms with Gasteiger partial charge in [-0.05, 0) is 36.2 Å². The minimum absolute atomic E-state index is 0.110. The first-order chi connectivity index (χ1) is 14.1. The Morgan fingerprint density at radius 1 is 1.00 bits per heavy atom. The lowest BCUT2D eigenvalue weighted by Crippen LogP contribution is -2.24. The van der Waals surface area contributed by atoms with Crippen LogP contribution in [-0.4, -0.2) is 20.7 Å². The predicted molar refractivity (Wildman–Crippen MR) is 114 cm³/mol. The SMILES string of the molecule is Cc1ccccc1-n1nc(C(=O)NCc2ccccc2)nc1-c1cccc(Cl)c1. The second kappa shape index (κ2) is 8.29. The van der Waals surface area contributed by atoms with Gasteiger partial charge in [0.25, 0.3) is 5.91 Å². The molecule has 1 amide bonds. The van der Waals surface area contributed by atoms with Crippen LogP contribution in [0.15, 0.2) is 78.9 Å². The van der Waals surface area contributed by atoms with Gasteiger partial charge in [0, 0.05) is 17.1 Å². The van der Waals surface area contributed by atoms with Crippen molar-refractivity contribution in [2.45, 2.75) is 13.5 Å². The van der Waals surface area contributed by atoms with Gasteiger partial charge < -0.3 is 5.32 Å². The van der Waals surface area contributed by atoms with Gasteiger partial charge in [0.1, 0.15) is 0 Å². The summed E-state index contributed by atoms with van der Waals surface area (Å²) in [6.07, 6.45) is 0. The van der Waals surface area contributed by atoms with E-state index in [4.69, 9.17) is 11.6 Å². The Labute approximate surface area is 174 Å². The molecule has 1 aromatic heterocycles. The maximum absolute atomic E-state index is 12.7. The summed E-state index contributed by atoms with van der Waals surface area (Å²) in [5, 5.41) is 7.99. The number of aromatic nitrogens is 3. The normalized spacial score (nSPS) is 10.7. The number of carbonyl (C=O) groups is 1. The van der Waals surface area contributed by atoms with Crippen LogP contribution in [0.5, 0.6) is 0 Å². The Bertz CT molecular complexity index is 1150. The highest BCUT2D eigenvalue weighted by molar-refractivity contribution is 6.30. The van der Waals surface area contributed by atoms with Crippen molar-refractivity contribution < 1.29 is 4.79 Å². The van der Waals surface area contributed by atoms with Crippen LogP contribution < -0.4 is 5.32 Å². The molecule has 0 aliphatic carbocycles. The lowest BCUT2D eigenvalue weighted by Gasteiger charge is -2.08. The number of carbonyl (C=O) groups excluding carboxylic acids is 1. The summed E-state index contributed by atoms with van der Waals surface area (Å²) in [4.78, 5) is 17.3. The van der Waals surface area contributed by atoms with Crippen LogP contribution in [0.2, 0.25) is 5.02 Å². The topological polar surface area (TPSA) is 59.8 Å². The van der Waals surface area contributed by atoms with Gasteiger partial charge in [0.15, 0.2) is 5.82 Å². The molecule has 0 spiro atoms. The number of aryl methyl sites for hydroxylation is 1. The van der Waals surface area contributed by atoms with Crippen molar-refractivity contribution in [1.29, 1.82) is 0 Å². The standard InChI is InChI=1S/C23H19ClN4O/c1-16-8-5-6-13-20(16)28-22(18-11-7-12-19(24)14-18)26-21(27-28)23(29)25-15-17-9-3-2-4-10-17/h2-14H,15H2,1H3,(H,25,29). The summed E-state index contributed by atoms with van der Waals surface area (Å²) in [7, 11) is 0.